The standard InChI is InChI=1S/C17H22N2O2.ClH/c1-11(2)13-4-6-14(7-5-13)15(18)10-19-17(20)16-12(3)8-9-21-16;/h4-9,11,15H,10,18H2,1-3H3,(H,19,20);1H. The Kier molecular flexibility index (Phi) is 6.65. The molecule has 1 amide bonds. The van der Waals surface area contributed by atoms with Crippen molar-refractivity contribution in [1.82, 2.24) is 5.32 Å². The normalized spacial score (nSPS) is 11.9. The molecule has 0 saturated carbocycles. The van der Waals surface area contributed by atoms with Crippen molar-refractivity contribution < 1.29 is 9.21 Å². The number of furan rings is 1. The van der Waals surface area contributed by atoms with E-state index in [1.54, 1.807) is 6.07 Å². The first-order valence-corrected chi connectivity index (χ1v) is 7.16. The maximum absolute atomic E-state index is 11.9. The highest BCUT2D eigenvalue weighted by Crippen LogP contribution is 2.17. The van der Waals surface area contributed by atoms with Gasteiger partial charge in [0.2, 0.25) is 0 Å². The molecule has 0 fully saturated rings. The summed E-state index contributed by atoms with van der Waals surface area (Å²) in [6, 6.07) is 9.73. The lowest BCUT2D eigenvalue weighted by atomic mass is 9.99. The Labute approximate surface area is 137 Å². The van der Waals surface area contributed by atoms with Crippen molar-refractivity contribution in [2.24, 2.45) is 5.73 Å². The highest BCUT2D eigenvalue weighted by Gasteiger charge is 2.14. The van der Waals surface area contributed by atoms with Gasteiger partial charge in [-0.25, -0.2) is 0 Å². The average Bonchev–Trinajstić information content (AvgIpc) is 2.90. The number of carbonyl (C=O) groups is 1. The predicted molar refractivity (Wildman–Crippen MR) is 90.5 cm³/mol. The number of hydrogen-bond donors (Lipinski definition) is 2. The molecule has 0 aliphatic carbocycles. The van der Waals surface area contributed by atoms with Gasteiger partial charge in [-0.3, -0.25) is 4.79 Å². The van der Waals surface area contributed by atoms with Crippen LogP contribution in [0.4, 0.5) is 0 Å². The molecule has 2 aromatic rings. The average molecular weight is 323 g/mol. The van der Waals surface area contributed by atoms with Crippen LogP contribution in [0.25, 0.3) is 0 Å². The summed E-state index contributed by atoms with van der Waals surface area (Å²) < 4.78 is 5.15. The zero-order valence-corrected chi connectivity index (χ0v) is 13.9. The number of aryl methyl sites for hydroxylation is 1. The summed E-state index contributed by atoms with van der Waals surface area (Å²) in [4.78, 5) is 11.9. The van der Waals surface area contributed by atoms with Crippen molar-refractivity contribution >= 4 is 18.3 Å². The second kappa shape index (κ2) is 8.01. The van der Waals surface area contributed by atoms with E-state index in [-0.39, 0.29) is 24.4 Å². The zero-order valence-electron chi connectivity index (χ0n) is 13.1. The molecule has 0 bridgehead atoms. The molecule has 22 heavy (non-hydrogen) atoms. The van der Waals surface area contributed by atoms with Crippen LogP contribution in [-0.4, -0.2) is 12.5 Å². The minimum absolute atomic E-state index is 0. The van der Waals surface area contributed by atoms with E-state index in [9.17, 15) is 4.79 Å². The molecule has 0 aliphatic heterocycles. The lowest BCUT2D eigenvalue weighted by Crippen LogP contribution is -2.32. The topological polar surface area (TPSA) is 68.3 Å². The van der Waals surface area contributed by atoms with E-state index in [4.69, 9.17) is 10.2 Å². The number of hydrogen-bond acceptors (Lipinski definition) is 3. The molecule has 3 N–H and O–H groups in total. The molecule has 5 heteroatoms. The van der Waals surface area contributed by atoms with Gasteiger partial charge >= 0.3 is 0 Å². The van der Waals surface area contributed by atoms with E-state index in [1.165, 1.54) is 11.8 Å². The molecular weight excluding hydrogens is 300 g/mol. The van der Waals surface area contributed by atoms with Crippen LogP contribution in [0.2, 0.25) is 0 Å². The Morgan fingerprint density at radius 3 is 2.27 bits per heavy atom. The second-order valence-electron chi connectivity index (χ2n) is 5.57. The summed E-state index contributed by atoms with van der Waals surface area (Å²) >= 11 is 0. The first-order valence-electron chi connectivity index (χ1n) is 7.16. The molecule has 0 aliphatic rings. The minimum Gasteiger partial charge on any atom is -0.459 e. The number of rotatable bonds is 5. The van der Waals surface area contributed by atoms with Crippen molar-refractivity contribution in [3.63, 3.8) is 0 Å². The Morgan fingerprint density at radius 1 is 1.18 bits per heavy atom. The monoisotopic (exact) mass is 322 g/mol. The third-order valence-electron chi connectivity index (χ3n) is 3.58. The number of nitrogens with one attached hydrogen (secondary N) is 1. The maximum atomic E-state index is 11.9. The van der Waals surface area contributed by atoms with E-state index in [0.29, 0.717) is 18.2 Å². The Morgan fingerprint density at radius 2 is 1.77 bits per heavy atom. The lowest BCUT2D eigenvalue weighted by Gasteiger charge is -2.14. The van der Waals surface area contributed by atoms with Crippen molar-refractivity contribution in [3.05, 3.63) is 59.0 Å². The number of halogens is 1. The molecule has 4 nitrogen and oxygen atoms in total. The molecule has 1 aromatic carbocycles. The lowest BCUT2D eigenvalue weighted by molar-refractivity contribution is 0.0922. The van der Waals surface area contributed by atoms with Crippen molar-refractivity contribution in [2.75, 3.05) is 6.54 Å². The van der Waals surface area contributed by atoms with Gasteiger partial charge in [-0.1, -0.05) is 38.1 Å². The van der Waals surface area contributed by atoms with Crippen molar-refractivity contribution in [3.8, 4) is 0 Å². The van der Waals surface area contributed by atoms with Crippen LogP contribution in [0.3, 0.4) is 0 Å². The number of carbonyl (C=O) groups excluding carboxylic acids is 1. The predicted octanol–water partition coefficient (Wildman–Crippen LogP) is 3.56. The summed E-state index contributed by atoms with van der Waals surface area (Å²) in [5.74, 6) is 0.612. The van der Waals surface area contributed by atoms with E-state index >= 15 is 0 Å². The third-order valence-corrected chi connectivity index (χ3v) is 3.58. The van der Waals surface area contributed by atoms with E-state index in [0.717, 1.165) is 11.1 Å². The fourth-order valence-corrected chi connectivity index (χ4v) is 2.13. The molecule has 1 unspecified atom stereocenters. The Balaban J connectivity index is 0.00000242. The van der Waals surface area contributed by atoms with Gasteiger partial charge in [0.1, 0.15) is 0 Å². The molecule has 120 valence electrons. The molecule has 1 aromatic heterocycles. The second-order valence-corrected chi connectivity index (χ2v) is 5.57. The fraction of sp³-hybridized carbons (Fsp3) is 0.353. The molecular formula is C17H23ClN2O2. The van der Waals surface area contributed by atoms with Gasteiger partial charge in [0.05, 0.1) is 6.26 Å². The summed E-state index contributed by atoms with van der Waals surface area (Å²) in [5.41, 5.74) is 9.23. The van der Waals surface area contributed by atoms with Crippen LogP contribution < -0.4 is 11.1 Å². The molecule has 0 radical (unpaired) electrons. The summed E-state index contributed by atoms with van der Waals surface area (Å²) in [6.07, 6.45) is 1.51. The highest BCUT2D eigenvalue weighted by molar-refractivity contribution is 5.92. The first-order chi connectivity index (χ1) is 9.99. The fourth-order valence-electron chi connectivity index (χ4n) is 2.13. The van der Waals surface area contributed by atoms with Gasteiger partial charge in [-0.15, -0.1) is 12.4 Å². The summed E-state index contributed by atoms with van der Waals surface area (Å²) in [5, 5.41) is 2.80. The Bertz CT molecular complexity index is 605. The highest BCUT2D eigenvalue weighted by atomic mass is 35.5. The third kappa shape index (κ3) is 4.36. The van der Waals surface area contributed by atoms with Gasteiger partial charge < -0.3 is 15.5 Å². The van der Waals surface area contributed by atoms with E-state index in [1.807, 2.05) is 19.1 Å². The largest absolute Gasteiger partial charge is 0.459 e. The van der Waals surface area contributed by atoms with E-state index < -0.39 is 0 Å². The molecule has 0 saturated heterocycles. The number of nitrogens with two attached hydrogens (primary N) is 1. The smallest absolute Gasteiger partial charge is 0.287 e. The minimum atomic E-state index is -0.231. The van der Waals surface area contributed by atoms with Crippen LogP contribution in [0, 0.1) is 6.92 Å². The van der Waals surface area contributed by atoms with Gasteiger partial charge in [0.25, 0.3) is 5.91 Å². The van der Waals surface area contributed by atoms with Crippen molar-refractivity contribution in [2.45, 2.75) is 32.7 Å². The Hall–Kier alpha value is -1.78. The van der Waals surface area contributed by atoms with Gasteiger partial charge in [0.15, 0.2) is 5.76 Å². The molecule has 0 spiro atoms. The number of amides is 1. The van der Waals surface area contributed by atoms with Crippen molar-refractivity contribution in [1.29, 1.82) is 0 Å². The van der Waals surface area contributed by atoms with Gasteiger partial charge in [-0.05, 0) is 30.0 Å². The van der Waals surface area contributed by atoms with Crippen LogP contribution in [-0.2, 0) is 0 Å². The van der Waals surface area contributed by atoms with Crippen LogP contribution in [0.1, 0.15) is 53.1 Å². The van der Waals surface area contributed by atoms with E-state index in [2.05, 4.69) is 31.3 Å². The number of benzene rings is 1. The summed E-state index contributed by atoms with van der Waals surface area (Å²) in [7, 11) is 0. The van der Waals surface area contributed by atoms with Gasteiger partial charge in [0, 0.05) is 18.2 Å². The molecule has 1 heterocycles. The van der Waals surface area contributed by atoms with Crippen LogP contribution in [0.5, 0.6) is 0 Å². The summed E-state index contributed by atoms with van der Waals surface area (Å²) in [6.45, 7) is 6.52. The zero-order chi connectivity index (χ0) is 15.4. The SMILES string of the molecule is Cc1ccoc1C(=O)NCC(N)c1ccc(C(C)C)cc1.Cl. The van der Waals surface area contributed by atoms with Gasteiger partial charge in [-0.2, -0.15) is 0 Å². The first kappa shape index (κ1) is 18.3. The van der Waals surface area contributed by atoms with Crippen LogP contribution >= 0.6 is 12.4 Å². The van der Waals surface area contributed by atoms with Crippen LogP contribution in [0.15, 0.2) is 41.0 Å². The quantitative estimate of drug-likeness (QED) is 0.884. The molecule has 2 rings (SSSR count). The molecule has 1 atom stereocenters. The maximum Gasteiger partial charge on any atom is 0.287 e.